The van der Waals surface area contributed by atoms with E-state index < -0.39 is 18.4 Å². The number of carbonyl (C=O) groups excluding carboxylic acids is 1. The number of benzene rings is 1. The van der Waals surface area contributed by atoms with E-state index in [-0.39, 0.29) is 6.54 Å². The number of rotatable bonds is 9. The monoisotopic (exact) mass is 387 g/mol. The van der Waals surface area contributed by atoms with Gasteiger partial charge in [-0.2, -0.15) is 0 Å². The van der Waals surface area contributed by atoms with Crippen LogP contribution in [0, 0.1) is 0 Å². The summed E-state index contributed by atoms with van der Waals surface area (Å²) >= 11 is 0. The Morgan fingerprint density at radius 3 is 2.14 bits per heavy atom. The lowest BCUT2D eigenvalue weighted by atomic mass is 10.1. The maximum atomic E-state index is 12.9. The van der Waals surface area contributed by atoms with E-state index in [1.54, 1.807) is 30.3 Å². The standard InChI is InChI=1S/C20H25N3O5/c1-22(2)12-16-6-5-15(10-21-16)20(26)23(13-19(24)25)11-14-7-17(27-3)9-18(8-14)28-4/h5-10H,11-13H2,1-4H3,(H,24,25). The van der Waals surface area contributed by atoms with E-state index in [1.165, 1.54) is 25.3 Å². The first kappa shape index (κ1) is 21.2. The molecule has 0 aliphatic heterocycles. The predicted molar refractivity (Wildman–Crippen MR) is 104 cm³/mol. The second-order valence-electron chi connectivity index (χ2n) is 6.55. The van der Waals surface area contributed by atoms with Gasteiger partial charge in [0.1, 0.15) is 18.0 Å². The van der Waals surface area contributed by atoms with Gasteiger partial charge in [-0.1, -0.05) is 0 Å². The average Bonchev–Trinajstić information content (AvgIpc) is 2.66. The molecule has 0 aliphatic carbocycles. The van der Waals surface area contributed by atoms with Crippen LogP contribution in [-0.4, -0.2) is 66.6 Å². The summed E-state index contributed by atoms with van der Waals surface area (Å²) in [5.41, 5.74) is 1.85. The number of ether oxygens (including phenoxy) is 2. The number of pyridine rings is 1. The number of hydrogen-bond donors (Lipinski definition) is 1. The van der Waals surface area contributed by atoms with Crippen molar-refractivity contribution in [3.05, 3.63) is 53.3 Å². The number of carbonyl (C=O) groups is 2. The Balaban J connectivity index is 2.25. The zero-order valence-electron chi connectivity index (χ0n) is 16.5. The van der Waals surface area contributed by atoms with Gasteiger partial charge in [-0.05, 0) is 43.9 Å². The molecule has 0 fully saturated rings. The third-order valence-electron chi connectivity index (χ3n) is 3.95. The molecule has 0 bridgehead atoms. The second kappa shape index (κ2) is 9.70. The van der Waals surface area contributed by atoms with Crippen LogP contribution in [0.15, 0.2) is 36.5 Å². The molecule has 0 atom stereocenters. The maximum Gasteiger partial charge on any atom is 0.323 e. The third kappa shape index (κ3) is 5.95. The van der Waals surface area contributed by atoms with Crippen molar-refractivity contribution in [2.75, 3.05) is 34.9 Å². The highest BCUT2D eigenvalue weighted by molar-refractivity contribution is 5.95. The fourth-order valence-electron chi connectivity index (χ4n) is 2.69. The SMILES string of the molecule is COc1cc(CN(CC(=O)O)C(=O)c2ccc(CN(C)C)nc2)cc(OC)c1. The molecule has 150 valence electrons. The highest BCUT2D eigenvalue weighted by Gasteiger charge is 2.20. The van der Waals surface area contributed by atoms with Crippen molar-refractivity contribution in [2.45, 2.75) is 13.1 Å². The summed E-state index contributed by atoms with van der Waals surface area (Å²) in [5.74, 6) is -0.382. The number of hydrogen-bond acceptors (Lipinski definition) is 6. The van der Waals surface area contributed by atoms with Crippen LogP contribution < -0.4 is 9.47 Å². The van der Waals surface area contributed by atoms with E-state index in [4.69, 9.17) is 9.47 Å². The fourth-order valence-corrected chi connectivity index (χ4v) is 2.69. The van der Waals surface area contributed by atoms with Gasteiger partial charge < -0.3 is 24.4 Å². The van der Waals surface area contributed by atoms with Gasteiger partial charge in [0.25, 0.3) is 5.91 Å². The molecule has 1 N–H and O–H groups in total. The molecule has 1 amide bonds. The molecule has 0 saturated heterocycles. The Bertz CT molecular complexity index is 799. The van der Waals surface area contributed by atoms with Crippen LogP contribution in [0.5, 0.6) is 11.5 Å². The molecular weight excluding hydrogens is 362 g/mol. The lowest BCUT2D eigenvalue weighted by molar-refractivity contribution is -0.137. The summed E-state index contributed by atoms with van der Waals surface area (Å²) in [6.45, 7) is 0.312. The van der Waals surface area contributed by atoms with Crippen LogP contribution >= 0.6 is 0 Å². The molecule has 0 spiro atoms. The molecule has 8 heteroatoms. The van der Waals surface area contributed by atoms with Gasteiger partial charge in [0.05, 0.1) is 25.5 Å². The average molecular weight is 387 g/mol. The molecule has 1 aromatic carbocycles. The molecule has 2 rings (SSSR count). The van der Waals surface area contributed by atoms with Crippen LogP contribution in [0.3, 0.4) is 0 Å². The molecule has 0 radical (unpaired) electrons. The fraction of sp³-hybridized carbons (Fsp3) is 0.350. The molecule has 1 aromatic heterocycles. The van der Waals surface area contributed by atoms with E-state index in [0.29, 0.717) is 29.2 Å². The normalized spacial score (nSPS) is 10.6. The van der Waals surface area contributed by atoms with Crippen LogP contribution in [-0.2, 0) is 17.9 Å². The Morgan fingerprint density at radius 1 is 1.04 bits per heavy atom. The Morgan fingerprint density at radius 2 is 1.68 bits per heavy atom. The zero-order chi connectivity index (χ0) is 20.7. The molecule has 0 unspecified atom stereocenters. The van der Waals surface area contributed by atoms with Gasteiger partial charge in [-0.3, -0.25) is 14.6 Å². The van der Waals surface area contributed by atoms with Crippen molar-refractivity contribution in [3.8, 4) is 11.5 Å². The highest BCUT2D eigenvalue weighted by Crippen LogP contribution is 2.24. The molecule has 0 saturated carbocycles. The molecule has 28 heavy (non-hydrogen) atoms. The van der Waals surface area contributed by atoms with Crippen molar-refractivity contribution in [3.63, 3.8) is 0 Å². The van der Waals surface area contributed by atoms with Crippen molar-refractivity contribution in [1.82, 2.24) is 14.8 Å². The van der Waals surface area contributed by atoms with Gasteiger partial charge >= 0.3 is 5.97 Å². The van der Waals surface area contributed by atoms with Crippen molar-refractivity contribution >= 4 is 11.9 Å². The lowest BCUT2D eigenvalue weighted by Gasteiger charge is -2.21. The van der Waals surface area contributed by atoms with Crippen LogP contribution in [0.4, 0.5) is 0 Å². The van der Waals surface area contributed by atoms with Crippen molar-refractivity contribution < 1.29 is 24.2 Å². The summed E-state index contributed by atoms with van der Waals surface area (Å²) < 4.78 is 10.5. The summed E-state index contributed by atoms with van der Waals surface area (Å²) in [4.78, 5) is 31.7. The second-order valence-corrected chi connectivity index (χ2v) is 6.55. The first-order valence-electron chi connectivity index (χ1n) is 8.65. The number of aliphatic carboxylic acids is 1. The molecule has 1 heterocycles. The first-order valence-corrected chi connectivity index (χ1v) is 8.65. The minimum Gasteiger partial charge on any atom is -0.497 e. The number of amides is 1. The minimum atomic E-state index is -1.10. The molecular formula is C20H25N3O5. The van der Waals surface area contributed by atoms with Crippen LogP contribution in [0.2, 0.25) is 0 Å². The first-order chi connectivity index (χ1) is 13.3. The molecule has 2 aromatic rings. The summed E-state index contributed by atoms with van der Waals surface area (Å²) in [6.07, 6.45) is 1.47. The van der Waals surface area contributed by atoms with Gasteiger partial charge in [0, 0.05) is 25.4 Å². The molecule has 8 nitrogen and oxygen atoms in total. The largest absolute Gasteiger partial charge is 0.497 e. The predicted octanol–water partition coefficient (Wildman–Crippen LogP) is 1.89. The number of nitrogens with zero attached hydrogens (tertiary/aromatic N) is 3. The topological polar surface area (TPSA) is 92.2 Å². The Hall–Kier alpha value is -3.13. The quantitative estimate of drug-likeness (QED) is 0.702. The van der Waals surface area contributed by atoms with E-state index in [1.807, 2.05) is 19.0 Å². The number of carboxylic acids is 1. The van der Waals surface area contributed by atoms with Crippen molar-refractivity contribution in [1.29, 1.82) is 0 Å². The Kier molecular flexibility index (Phi) is 7.34. The maximum absolute atomic E-state index is 12.9. The van der Waals surface area contributed by atoms with E-state index in [0.717, 1.165) is 5.69 Å². The molecule has 0 aliphatic rings. The summed E-state index contributed by atoms with van der Waals surface area (Å²) in [7, 11) is 6.91. The third-order valence-corrected chi connectivity index (χ3v) is 3.95. The van der Waals surface area contributed by atoms with E-state index >= 15 is 0 Å². The number of carboxylic acid groups (broad SMARTS) is 1. The summed E-state index contributed by atoms with van der Waals surface area (Å²) in [6, 6.07) is 8.61. The Labute approximate surface area is 164 Å². The van der Waals surface area contributed by atoms with E-state index in [2.05, 4.69) is 4.98 Å². The van der Waals surface area contributed by atoms with Crippen LogP contribution in [0.1, 0.15) is 21.6 Å². The number of methoxy groups -OCH3 is 2. The minimum absolute atomic E-state index is 0.0954. The number of aromatic nitrogens is 1. The van der Waals surface area contributed by atoms with Crippen LogP contribution in [0.25, 0.3) is 0 Å². The van der Waals surface area contributed by atoms with Gasteiger partial charge in [-0.15, -0.1) is 0 Å². The van der Waals surface area contributed by atoms with Gasteiger partial charge in [0.2, 0.25) is 0 Å². The zero-order valence-corrected chi connectivity index (χ0v) is 16.5. The van der Waals surface area contributed by atoms with Crippen molar-refractivity contribution in [2.24, 2.45) is 0 Å². The smallest absolute Gasteiger partial charge is 0.323 e. The lowest BCUT2D eigenvalue weighted by Crippen LogP contribution is -2.35. The summed E-state index contributed by atoms with van der Waals surface area (Å²) in [5, 5.41) is 9.24. The van der Waals surface area contributed by atoms with E-state index in [9.17, 15) is 14.7 Å². The van der Waals surface area contributed by atoms with Gasteiger partial charge in [0.15, 0.2) is 0 Å². The van der Waals surface area contributed by atoms with Gasteiger partial charge in [-0.25, -0.2) is 0 Å². The highest BCUT2D eigenvalue weighted by atomic mass is 16.5.